The Morgan fingerprint density at radius 3 is 2.37 bits per heavy atom. The van der Waals surface area contributed by atoms with E-state index in [9.17, 15) is 4.79 Å². The first-order valence-corrected chi connectivity index (χ1v) is 9.50. The molecule has 0 aliphatic carbocycles. The Hall–Kier alpha value is -2.49. The van der Waals surface area contributed by atoms with Crippen molar-refractivity contribution in [2.75, 3.05) is 10.6 Å². The summed E-state index contributed by atoms with van der Waals surface area (Å²) in [6, 6.07) is 20.8. The first-order chi connectivity index (χ1) is 13.1. The Morgan fingerprint density at radius 2 is 1.63 bits per heavy atom. The summed E-state index contributed by atoms with van der Waals surface area (Å²) >= 11 is 12.3. The number of para-hydroxylation sites is 2. The lowest BCUT2D eigenvalue weighted by atomic mass is 10.1. The number of amides is 1. The summed E-state index contributed by atoms with van der Waals surface area (Å²) in [5.74, 6) is -0.249. The maximum atomic E-state index is 12.6. The Morgan fingerprint density at radius 1 is 0.926 bits per heavy atom. The molecule has 3 aromatic carbocycles. The minimum absolute atomic E-state index is 0.249. The maximum absolute atomic E-state index is 12.6. The van der Waals surface area contributed by atoms with Gasteiger partial charge in [-0.25, -0.2) is 0 Å². The largest absolute Gasteiger partial charge is 0.381 e. The maximum Gasteiger partial charge on any atom is 0.255 e. The minimum Gasteiger partial charge on any atom is -0.381 e. The average molecular weight is 399 g/mol. The van der Waals surface area contributed by atoms with Gasteiger partial charge in [0, 0.05) is 17.8 Å². The van der Waals surface area contributed by atoms with Crippen LogP contribution in [0.2, 0.25) is 10.0 Å². The van der Waals surface area contributed by atoms with Crippen LogP contribution in [0.5, 0.6) is 0 Å². The lowest BCUT2D eigenvalue weighted by molar-refractivity contribution is 0.102. The number of hydrogen-bond acceptors (Lipinski definition) is 2. The van der Waals surface area contributed by atoms with Crippen molar-refractivity contribution >= 4 is 40.5 Å². The number of carbonyl (C=O) groups excluding carboxylic acids is 1. The van der Waals surface area contributed by atoms with E-state index in [1.54, 1.807) is 24.3 Å². The molecule has 0 saturated heterocycles. The van der Waals surface area contributed by atoms with Crippen LogP contribution in [0.15, 0.2) is 66.7 Å². The number of hydrogen-bond donors (Lipinski definition) is 2. The molecule has 0 saturated carbocycles. The van der Waals surface area contributed by atoms with Crippen molar-refractivity contribution in [3.05, 3.63) is 93.5 Å². The fraction of sp³-hybridized carbons (Fsp3) is 0.136. The van der Waals surface area contributed by atoms with E-state index in [-0.39, 0.29) is 5.91 Å². The molecule has 138 valence electrons. The summed E-state index contributed by atoms with van der Waals surface area (Å²) in [4.78, 5) is 12.6. The summed E-state index contributed by atoms with van der Waals surface area (Å²) < 4.78 is 0. The quantitative estimate of drug-likeness (QED) is 0.502. The van der Waals surface area contributed by atoms with Gasteiger partial charge in [0.15, 0.2) is 0 Å². The number of carbonyl (C=O) groups is 1. The van der Waals surface area contributed by atoms with Gasteiger partial charge in [0.1, 0.15) is 0 Å². The Labute approximate surface area is 169 Å². The zero-order chi connectivity index (χ0) is 19.2. The van der Waals surface area contributed by atoms with E-state index in [4.69, 9.17) is 23.2 Å². The molecule has 0 radical (unpaired) electrons. The van der Waals surface area contributed by atoms with E-state index < -0.39 is 0 Å². The highest BCUT2D eigenvalue weighted by atomic mass is 35.5. The van der Waals surface area contributed by atoms with Gasteiger partial charge in [-0.1, -0.05) is 66.5 Å². The van der Waals surface area contributed by atoms with E-state index in [1.807, 2.05) is 30.3 Å². The molecule has 0 aliphatic rings. The highest BCUT2D eigenvalue weighted by Gasteiger charge is 2.12. The van der Waals surface area contributed by atoms with Gasteiger partial charge in [0.05, 0.1) is 15.7 Å². The van der Waals surface area contributed by atoms with Crippen LogP contribution < -0.4 is 10.6 Å². The van der Waals surface area contributed by atoms with E-state index in [1.165, 1.54) is 5.56 Å². The Bertz CT molecular complexity index is 936. The van der Waals surface area contributed by atoms with Gasteiger partial charge >= 0.3 is 0 Å². The molecule has 0 spiro atoms. The summed E-state index contributed by atoms with van der Waals surface area (Å²) in [5.41, 5.74) is 4.36. The topological polar surface area (TPSA) is 41.1 Å². The first kappa shape index (κ1) is 19.3. The zero-order valence-corrected chi connectivity index (χ0v) is 16.4. The molecule has 0 aliphatic heterocycles. The number of benzene rings is 3. The van der Waals surface area contributed by atoms with Gasteiger partial charge in [-0.15, -0.1) is 0 Å². The average Bonchev–Trinajstić information content (AvgIpc) is 2.69. The molecule has 3 nitrogen and oxygen atoms in total. The van der Waals surface area contributed by atoms with Crippen molar-refractivity contribution in [3.8, 4) is 0 Å². The molecule has 1 amide bonds. The lowest BCUT2D eigenvalue weighted by Gasteiger charge is -2.12. The zero-order valence-electron chi connectivity index (χ0n) is 14.9. The standard InChI is InChI=1S/C22H20Cl2N2O/c1-2-16-8-3-4-12-20(16)25-14-15-7-5-9-17(13-15)22(27)26-21-18(23)10-6-11-19(21)24/h3-13,25H,2,14H2,1H3,(H,26,27). The van der Waals surface area contributed by atoms with Gasteiger partial charge in [-0.3, -0.25) is 4.79 Å². The molecule has 0 atom stereocenters. The fourth-order valence-corrected chi connectivity index (χ4v) is 3.32. The van der Waals surface area contributed by atoms with Crippen LogP contribution in [0.1, 0.15) is 28.4 Å². The van der Waals surface area contributed by atoms with Crippen LogP contribution >= 0.6 is 23.2 Å². The third-order valence-electron chi connectivity index (χ3n) is 4.27. The van der Waals surface area contributed by atoms with Crippen molar-refractivity contribution < 1.29 is 4.79 Å². The predicted octanol–water partition coefficient (Wildman–Crippen LogP) is 6.42. The summed E-state index contributed by atoms with van der Waals surface area (Å²) in [7, 11) is 0. The predicted molar refractivity (Wildman–Crippen MR) is 114 cm³/mol. The number of nitrogens with one attached hydrogen (secondary N) is 2. The molecular weight excluding hydrogens is 379 g/mol. The van der Waals surface area contributed by atoms with Crippen LogP contribution in [0.4, 0.5) is 11.4 Å². The number of rotatable bonds is 6. The van der Waals surface area contributed by atoms with Crippen LogP contribution in [0, 0.1) is 0 Å². The van der Waals surface area contributed by atoms with Crippen molar-refractivity contribution in [2.24, 2.45) is 0 Å². The van der Waals surface area contributed by atoms with E-state index in [0.717, 1.165) is 17.7 Å². The SMILES string of the molecule is CCc1ccccc1NCc1cccc(C(=O)Nc2c(Cl)cccc2Cl)c1. The van der Waals surface area contributed by atoms with Gasteiger partial charge < -0.3 is 10.6 Å². The van der Waals surface area contributed by atoms with Gasteiger partial charge in [0.2, 0.25) is 0 Å². The first-order valence-electron chi connectivity index (χ1n) is 8.74. The third-order valence-corrected chi connectivity index (χ3v) is 4.90. The van der Waals surface area contributed by atoms with Crippen LogP contribution in [-0.2, 0) is 13.0 Å². The summed E-state index contributed by atoms with van der Waals surface area (Å²) in [6.45, 7) is 2.76. The van der Waals surface area contributed by atoms with Crippen molar-refractivity contribution in [3.63, 3.8) is 0 Å². The molecule has 3 aromatic rings. The molecule has 0 fully saturated rings. The van der Waals surface area contributed by atoms with Gasteiger partial charge in [-0.05, 0) is 47.9 Å². The van der Waals surface area contributed by atoms with Crippen LogP contribution in [-0.4, -0.2) is 5.91 Å². The number of halogens is 2. The Balaban J connectivity index is 1.72. The number of anilines is 2. The second-order valence-electron chi connectivity index (χ2n) is 6.12. The van der Waals surface area contributed by atoms with Crippen molar-refractivity contribution in [1.82, 2.24) is 0 Å². The third kappa shape index (κ3) is 4.82. The molecule has 2 N–H and O–H groups in total. The van der Waals surface area contributed by atoms with Crippen LogP contribution in [0.3, 0.4) is 0 Å². The molecule has 27 heavy (non-hydrogen) atoms. The molecule has 0 unspecified atom stereocenters. The molecular formula is C22H20Cl2N2O. The second kappa shape index (κ2) is 8.94. The second-order valence-corrected chi connectivity index (χ2v) is 6.93. The normalized spacial score (nSPS) is 10.5. The van der Waals surface area contributed by atoms with E-state index >= 15 is 0 Å². The molecule has 0 aromatic heterocycles. The fourth-order valence-electron chi connectivity index (χ4n) is 2.82. The van der Waals surface area contributed by atoms with Crippen molar-refractivity contribution in [2.45, 2.75) is 19.9 Å². The highest BCUT2D eigenvalue weighted by molar-refractivity contribution is 6.40. The van der Waals surface area contributed by atoms with Gasteiger partial charge in [-0.2, -0.15) is 0 Å². The Kier molecular flexibility index (Phi) is 6.38. The number of aryl methyl sites for hydroxylation is 1. The molecule has 0 bridgehead atoms. The highest BCUT2D eigenvalue weighted by Crippen LogP contribution is 2.30. The minimum atomic E-state index is -0.249. The smallest absolute Gasteiger partial charge is 0.255 e. The molecule has 5 heteroatoms. The molecule has 3 rings (SSSR count). The monoisotopic (exact) mass is 398 g/mol. The van der Waals surface area contributed by atoms with Crippen molar-refractivity contribution in [1.29, 1.82) is 0 Å². The lowest BCUT2D eigenvalue weighted by Crippen LogP contribution is -2.13. The van der Waals surface area contributed by atoms with Crippen LogP contribution in [0.25, 0.3) is 0 Å². The van der Waals surface area contributed by atoms with E-state index in [0.29, 0.717) is 27.8 Å². The summed E-state index contributed by atoms with van der Waals surface area (Å²) in [5, 5.41) is 7.05. The van der Waals surface area contributed by atoms with E-state index in [2.05, 4.69) is 29.7 Å². The van der Waals surface area contributed by atoms with Gasteiger partial charge in [0.25, 0.3) is 5.91 Å². The summed E-state index contributed by atoms with van der Waals surface area (Å²) in [6.07, 6.45) is 0.963. The molecule has 0 heterocycles.